The fraction of sp³-hybridized carbons (Fsp3) is 0.160. The Kier molecular flexibility index (Phi) is 7.59. The molecule has 0 bridgehead atoms. The smallest absolute Gasteiger partial charge is 0.340 e. The number of likely N-dealkylation sites (N-methyl/N-ethyl adjacent to an activating group) is 1. The lowest BCUT2D eigenvalue weighted by molar-refractivity contribution is -0.133. The summed E-state index contributed by atoms with van der Waals surface area (Å²) in [5.41, 5.74) is 1.77. The minimum atomic E-state index is -0.701. The summed E-state index contributed by atoms with van der Waals surface area (Å²) in [5.74, 6) is -0.742. The molecule has 0 aliphatic rings. The molecule has 7 nitrogen and oxygen atoms in total. The molecule has 164 valence electrons. The van der Waals surface area contributed by atoms with E-state index < -0.39 is 12.6 Å². The average molecular weight is 432 g/mol. The fourth-order valence-electron chi connectivity index (χ4n) is 3.05. The lowest BCUT2D eigenvalue weighted by Crippen LogP contribution is -2.31. The molecule has 0 radical (unpaired) electrons. The van der Waals surface area contributed by atoms with E-state index in [9.17, 15) is 14.4 Å². The number of carbonyl (C=O) groups excluding carboxylic acids is 3. The SMILES string of the molecule is COc1ccccc1CN(C)C(=O)COC(=O)c1ccccc1NC(=O)c1ccccc1. The predicted octanol–water partition coefficient (Wildman–Crippen LogP) is 3.76. The zero-order chi connectivity index (χ0) is 22.9. The monoisotopic (exact) mass is 432 g/mol. The van der Waals surface area contributed by atoms with Gasteiger partial charge in [0.2, 0.25) is 0 Å². The molecule has 0 atom stereocenters. The summed E-state index contributed by atoms with van der Waals surface area (Å²) in [6.07, 6.45) is 0. The standard InChI is InChI=1S/C25H24N2O5/c1-27(16-19-12-6-9-15-22(19)31-2)23(28)17-32-25(30)20-13-7-8-14-21(20)26-24(29)18-10-4-3-5-11-18/h3-15H,16-17H2,1-2H3,(H,26,29). The number of ether oxygens (including phenoxy) is 2. The third-order valence-electron chi connectivity index (χ3n) is 4.78. The van der Waals surface area contributed by atoms with E-state index >= 15 is 0 Å². The van der Waals surface area contributed by atoms with Crippen molar-refractivity contribution in [1.29, 1.82) is 0 Å². The molecule has 3 rings (SSSR count). The van der Waals surface area contributed by atoms with Crippen LogP contribution in [0.15, 0.2) is 78.9 Å². The van der Waals surface area contributed by atoms with E-state index in [1.165, 1.54) is 11.0 Å². The summed E-state index contributed by atoms with van der Waals surface area (Å²) >= 11 is 0. The van der Waals surface area contributed by atoms with E-state index in [1.54, 1.807) is 56.6 Å². The zero-order valence-electron chi connectivity index (χ0n) is 17.9. The molecule has 0 saturated heterocycles. The summed E-state index contributed by atoms with van der Waals surface area (Å²) in [7, 11) is 3.19. The lowest BCUT2D eigenvalue weighted by Gasteiger charge is -2.19. The minimum absolute atomic E-state index is 0.164. The molecule has 0 aliphatic heterocycles. The van der Waals surface area contributed by atoms with Gasteiger partial charge in [0.15, 0.2) is 6.61 Å². The Balaban J connectivity index is 1.61. The normalized spacial score (nSPS) is 10.2. The van der Waals surface area contributed by atoms with E-state index in [1.807, 2.05) is 30.3 Å². The molecule has 1 N–H and O–H groups in total. The van der Waals surface area contributed by atoms with Gasteiger partial charge in [-0.05, 0) is 30.3 Å². The van der Waals surface area contributed by atoms with Crippen LogP contribution < -0.4 is 10.1 Å². The molecule has 32 heavy (non-hydrogen) atoms. The van der Waals surface area contributed by atoms with Gasteiger partial charge in [0.25, 0.3) is 11.8 Å². The average Bonchev–Trinajstić information content (AvgIpc) is 2.83. The first-order valence-electron chi connectivity index (χ1n) is 9.98. The van der Waals surface area contributed by atoms with Crippen molar-refractivity contribution in [2.75, 3.05) is 26.1 Å². The number of rotatable bonds is 8. The topological polar surface area (TPSA) is 84.9 Å². The number of carbonyl (C=O) groups is 3. The van der Waals surface area contributed by atoms with Crippen molar-refractivity contribution in [3.8, 4) is 5.75 Å². The Hall–Kier alpha value is -4.13. The second-order valence-electron chi connectivity index (χ2n) is 7.00. The molecule has 0 unspecified atom stereocenters. The molecule has 0 fully saturated rings. The van der Waals surface area contributed by atoms with Gasteiger partial charge < -0.3 is 19.7 Å². The first-order chi connectivity index (χ1) is 15.5. The molecule has 0 aromatic heterocycles. The van der Waals surface area contributed by atoms with Crippen LogP contribution in [-0.4, -0.2) is 43.4 Å². The Morgan fingerprint density at radius 3 is 2.28 bits per heavy atom. The Bertz CT molecular complexity index is 1100. The lowest BCUT2D eigenvalue weighted by atomic mass is 10.1. The number of nitrogens with one attached hydrogen (secondary N) is 1. The van der Waals surface area contributed by atoms with Gasteiger partial charge in [0.1, 0.15) is 5.75 Å². The molecule has 0 heterocycles. The maximum atomic E-state index is 12.6. The van der Waals surface area contributed by atoms with Gasteiger partial charge in [-0.3, -0.25) is 9.59 Å². The first-order valence-corrected chi connectivity index (χ1v) is 9.98. The summed E-state index contributed by atoms with van der Waals surface area (Å²) in [6.45, 7) is -0.116. The number of hydrogen-bond acceptors (Lipinski definition) is 5. The third-order valence-corrected chi connectivity index (χ3v) is 4.78. The largest absolute Gasteiger partial charge is 0.496 e. The van der Waals surface area contributed by atoms with E-state index in [4.69, 9.17) is 9.47 Å². The van der Waals surface area contributed by atoms with Crippen molar-refractivity contribution < 1.29 is 23.9 Å². The van der Waals surface area contributed by atoms with Crippen LogP contribution in [0.25, 0.3) is 0 Å². The van der Waals surface area contributed by atoms with Gasteiger partial charge in [-0.2, -0.15) is 0 Å². The number of benzene rings is 3. The molecule has 2 amide bonds. The Morgan fingerprint density at radius 2 is 1.53 bits per heavy atom. The van der Waals surface area contributed by atoms with E-state index in [2.05, 4.69) is 5.32 Å². The Morgan fingerprint density at radius 1 is 0.875 bits per heavy atom. The van der Waals surface area contributed by atoms with Gasteiger partial charge in [-0.1, -0.05) is 48.5 Å². The van der Waals surface area contributed by atoms with Crippen molar-refractivity contribution in [2.24, 2.45) is 0 Å². The molecule has 0 saturated carbocycles. The number of hydrogen-bond donors (Lipinski definition) is 1. The maximum absolute atomic E-state index is 12.6. The van der Waals surface area contributed by atoms with E-state index in [-0.39, 0.29) is 17.4 Å². The molecule has 0 spiro atoms. The van der Waals surface area contributed by atoms with Crippen LogP contribution in [-0.2, 0) is 16.1 Å². The number of para-hydroxylation sites is 2. The minimum Gasteiger partial charge on any atom is -0.496 e. The van der Waals surface area contributed by atoms with Gasteiger partial charge in [0.05, 0.1) is 18.4 Å². The van der Waals surface area contributed by atoms with Crippen molar-refractivity contribution in [2.45, 2.75) is 6.54 Å². The van der Waals surface area contributed by atoms with Crippen molar-refractivity contribution in [3.63, 3.8) is 0 Å². The van der Waals surface area contributed by atoms with Crippen LogP contribution >= 0.6 is 0 Å². The molecule has 7 heteroatoms. The highest BCUT2D eigenvalue weighted by atomic mass is 16.5. The van der Waals surface area contributed by atoms with Gasteiger partial charge >= 0.3 is 5.97 Å². The molecular weight excluding hydrogens is 408 g/mol. The summed E-state index contributed by atoms with van der Waals surface area (Å²) < 4.78 is 10.5. The highest BCUT2D eigenvalue weighted by molar-refractivity contribution is 6.08. The highest BCUT2D eigenvalue weighted by Crippen LogP contribution is 2.20. The summed E-state index contributed by atoms with van der Waals surface area (Å²) in [4.78, 5) is 39.0. The second-order valence-corrected chi connectivity index (χ2v) is 7.00. The fourth-order valence-corrected chi connectivity index (χ4v) is 3.05. The quantitative estimate of drug-likeness (QED) is 0.548. The molecular formula is C25H24N2O5. The van der Waals surface area contributed by atoms with Crippen LogP contribution in [0.2, 0.25) is 0 Å². The maximum Gasteiger partial charge on any atom is 0.340 e. The highest BCUT2D eigenvalue weighted by Gasteiger charge is 2.18. The molecule has 3 aromatic carbocycles. The van der Waals surface area contributed by atoms with Crippen molar-refractivity contribution in [1.82, 2.24) is 4.90 Å². The van der Waals surface area contributed by atoms with Crippen molar-refractivity contribution >= 4 is 23.5 Å². The van der Waals surface area contributed by atoms with Gasteiger partial charge in [-0.15, -0.1) is 0 Å². The van der Waals surface area contributed by atoms with Gasteiger partial charge in [0, 0.05) is 24.7 Å². The van der Waals surface area contributed by atoms with E-state index in [0.29, 0.717) is 23.5 Å². The number of nitrogens with zero attached hydrogens (tertiary/aromatic N) is 1. The first kappa shape index (κ1) is 22.6. The molecule has 3 aromatic rings. The summed E-state index contributed by atoms with van der Waals surface area (Å²) in [6, 6.07) is 22.5. The predicted molar refractivity (Wildman–Crippen MR) is 121 cm³/mol. The third kappa shape index (κ3) is 5.72. The number of anilines is 1. The van der Waals surface area contributed by atoms with Crippen molar-refractivity contribution in [3.05, 3.63) is 95.6 Å². The van der Waals surface area contributed by atoms with Crippen LogP contribution in [0.5, 0.6) is 5.75 Å². The molecule has 0 aliphatic carbocycles. The zero-order valence-corrected chi connectivity index (χ0v) is 17.9. The number of amides is 2. The number of methoxy groups -OCH3 is 1. The van der Waals surface area contributed by atoms with Crippen LogP contribution in [0.4, 0.5) is 5.69 Å². The van der Waals surface area contributed by atoms with Crippen LogP contribution in [0, 0.1) is 0 Å². The Labute approximate surface area is 186 Å². The van der Waals surface area contributed by atoms with E-state index in [0.717, 1.165) is 5.56 Å². The van der Waals surface area contributed by atoms with Crippen LogP contribution in [0.1, 0.15) is 26.3 Å². The number of esters is 1. The second kappa shape index (κ2) is 10.8. The van der Waals surface area contributed by atoms with Crippen LogP contribution in [0.3, 0.4) is 0 Å². The summed E-state index contributed by atoms with van der Waals surface area (Å²) in [5, 5.41) is 2.71. The van der Waals surface area contributed by atoms with Gasteiger partial charge in [-0.25, -0.2) is 4.79 Å².